The Morgan fingerprint density at radius 1 is 1.38 bits per heavy atom. The molecule has 0 fully saturated rings. The van der Waals surface area contributed by atoms with Crippen LogP contribution in [0, 0.1) is 17.8 Å². The van der Waals surface area contributed by atoms with Crippen LogP contribution in [-0.4, -0.2) is 35.2 Å². The van der Waals surface area contributed by atoms with Gasteiger partial charge >= 0.3 is 0 Å². The average molecular weight is 358 g/mol. The Kier molecular flexibility index (Phi) is 6.47. The normalized spacial score (nSPS) is 11.0. The highest BCUT2D eigenvalue weighted by molar-refractivity contribution is 5.87. The van der Waals surface area contributed by atoms with Crippen LogP contribution in [-0.2, 0) is 9.53 Å². The lowest BCUT2D eigenvalue weighted by Gasteiger charge is -2.08. The predicted octanol–water partition coefficient (Wildman–Crippen LogP) is 1.63. The molecule has 0 unspecified atom stereocenters. The molecule has 0 saturated heterocycles. The van der Waals surface area contributed by atoms with E-state index in [2.05, 4.69) is 22.1 Å². The topological polar surface area (TPSA) is 102 Å². The van der Waals surface area contributed by atoms with Crippen molar-refractivity contribution >= 4 is 22.6 Å². The summed E-state index contributed by atoms with van der Waals surface area (Å²) in [6.45, 7) is 8.79. The minimum Gasteiger partial charge on any atom is -0.385 e. The number of nitrogen functional groups attached to an aromatic ring is 1. The van der Waals surface area contributed by atoms with Crippen LogP contribution in [0.5, 0.6) is 0 Å². The van der Waals surface area contributed by atoms with Crippen LogP contribution >= 0.6 is 0 Å². The van der Waals surface area contributed by atoms with Crippen LogP contribution in [0.1, 0.15) is 39.3 Å². The van der Waals surface area contributed by atoms with E-state index in [1.807, 2.05) is 38.5 Å². The van der Waals surface area contributed by atoms with Crippen molar-refractivity contribution in [3.05, 3.63) is 28.2 Å². The molecular weight excluding hydrogens is 332 g/mol. The average Bonchev–Trinajstić information content (AvgIpc) is 2.92. The Morgan fingerprint density at radius 3 is 2.77 bits per heavy atom. The first-order valence-corrected chi connectivity index (χ1v) is 8.69. The summed E-state index contributed by atoms with van der Waals surface area (Å²) in [5, 5.41) is 3.30. The minimum atomic E-state index is -0.249. The number of anilines is 1. The van der Waals surface area contributed by atoms with Crippen LogP contribution < -0.4 is 16.6 Å². The first-order chi connectivity index (χ1) is 12.3. The molecule has 0 spiro atoms. The molecule has 140 valence electrons. The van der Waals surface area contributed by atoms with E-state index in [9.17, 15) is 9.59 Å². The van der Waals surface area contributed by atoms with Gasteiger partial charge in [-0.3, -0.25) is 9.59 Å². The van der Waals surface area contributed by atoms with Gasteiger partial charge in [-0.15, -0.1) is 0 Å². The summed E-state index contributed by atoms with van der Waals surface area (Å²) in [6, 6.07) is 1.92. The molecule has 4 N–H and O–H groups in total. The summed E-state index contributed by atoms with van der Waals surface area (Å²) in [6.07, 6.45) is 1.86. The van der Waals surface area contributed by atoms with E-state index in [0.717, 1.165) is 5.52 Å². The van der Waals surface area contributed by atoms with Gasteiger partial charge in [0.25, 0.3) is 5.56 Å². The molecule has 2 rings (SSSR count). The third kappa shape index (κ3) is 4.67. The molecule has 2 heterocycles. The molecule has 0 atom stereocenters. The molecule has 0 aliphatic heterocycles. The van der Waals surface area contributed by atoms with Crippen molar-refractivity contribution in [3.63, 3.8) is 0 Å². The maximum Gasteiger partial charge on any atom is 0.260 e. The number of H-pyrrole nitrogens is 1. The van der Waals surface area contributed by atoms with Crippen LogP contribution in [0.4, 0.5) is 5.82 Å². The Balaban J connectivity index is 2.05. The number of carbonyl (C=O) groups is 1. The first-order valence-electron chi connectivity index (χ1n) is 8.69. The van der Waals surface area contributed by atoms with Gasteiger partial charge in [0.2, 0.25) is 5.91 Å². The largest absolute Gasteiger partial charge is 0.385 e. The van der Waals surface area contributed by atoms with Gasteiger partial charge in [0.1, 0.15) is 12.4 Å². The SMILES string of the molecule is CC(C)C(=O)NCCOCC#Cc1cn(C(C)C)c2cc(N)[nH]c(=O)c12. The molecule has 0 aromatic carbocycles. The summed E-state index contributed by atoms with van der Waals surface area (Å²) in [5.74, 6) is 6.20. The van der Waals surface area contributed by atoms with Gasteiger partial charge in [-0.25, -0.2) is 0 Å². The van der Waals surface area contributed by atoms with Crippen molar-refractivity contribution in [3.8, 4) is 11.8 Å². The van der Waals surface area contributed by atoms with E-state index in [0.29, 0.717) is 29.9 Å². The number of nitrogens with zero attached hydrogens (tertiary/aromatic N) is 1. The molecular formula is C19H26N4O3. The molecule has 0 aliphatic rings. The fourth-order valence-electron chi connectivity index (χ4n) is 2.53. The molecule has 0 saturated carbocycles. The second kappa shape index (κ2) is 8.59. The van der Waals surface area contributed by atoms with Crippen molar-refractivity contribution < 1.29 is 9.53 Å². The number of ether oxygens (including phenoxy) is 1. The minimum absolute atomic E-state index is 0.000299. The number of pyridine rings is 1. The summed E-state index contributed by atoms with van der Waals surface area (Å²) in [7, 11) is 0. The number of fused-ring (bicyclic) bond motifs is 1. The van der Waals surface area contributed by atoms with Crippen LogP contribution in [0.25, 0.3) is 10.9 Å². The monoisotopic (exact) mass is 358 g/mol. The molecule has 7 nitrogen and oxygen atoms in total. The zero-order valence-electron chi connectivity index (χ0n) is 15.7. The number of hydrogen-bond acceptors (Lipinski definition) is 4. The van der Waals surface area contributed by atoms with Crippen LogP contribution in [0.3, 0.4) is 0 Å². The number of nitrogens with two attached hydrogens (primary N) is 1. The van der Waals surface area contributed by atoms with Crippen molar-refractivity contribution in [2.75, 3.05) is 25.5 Å². The second-order valence-electron chi connectivity index (χ2n) is 6.66. The second-order valence-corrected chi connectivity index (χ2v) is 6.66. The van der Waals surface area contributed by atoms with Crippen molar-refractivity contribution in [2.45, 2.75) is 33.7 Å². The van der Waals surface area contributed by atoms with E-state index in [4.69, 9.17) is 10.5 Å². The molecule has 0 radical (unpaired) electrons. The molecule has 0 bridgehead atoms. The number of rotatable bonds is 6. The zero-order chi connectivity index (χ0) is 19.3. The smallest absolute Gasteiger partial charge is 0.260 e. The van der Waals surface area contributed by atoms with Crippen molar-refractivity contribution in [1.29, 1.82) is 0 Å². The van der Waals surface area contributed by atoms with E-state index >= 15 is 0 Å². The van der Waals surface area contributed by atoms with E-state index in [-0.39, 0.29) is 30.0 Å². The Morgan fingerprint density at radius 2 is 2.12 bits per heavy atom. The van der Waals surface area contributed by atoms with E-state index in [1.165, 1.54) is 0 Å². The lowest BCUT2D eigenvalue weighted by molar-refractivity contribution is -0.124. The van der Waals surface area contributed by atoms with Gasteiger partial charge in [0.15, 0.2) is 0 Å². The van der Waals surface area contributed by atoms with E-state index < -0.39 is 0 Å². The van der Waals surface area contributed by atoms with Gasteiger partial charge in [-0.1, -0.05) is 25.7 Å². The number of aromatic amines is 1. The Bertz CT molecular complexity index is 897. The number of carbonyl (C=O) groups excluding carboxylic acids is 1. The van der Waals surface area contributed by atoms with E-state index in [1.54, 1.807) is 6.07 Å². The molecule has 2 aromatic heterocycles. The molecule has 7 heteroatoms. The maximum atomic E-state index is 12.3. The predicted molar refractivity (Wildman–Crippen MR) is 103 cm³/mol. The lowest BCUT2D eigenvalue weighted by Crippen LogP contribution is -2.30. The number of aromatic nitrogens is 2. The third-order valence-electron chi connectivity index (χ3n) is 3.87. The highest BCUT2D eigenvalue weighted by Crippen LogP contribution is 2.22. The van der Waals surface area contributed by atoms with Crippen molar-refractivity contribution in [1.82, 2.24) is 14.9 Å². The quantitative estimate of drug-likeness (QED) is 0.539. The van der Waals surface area contributed by atoms with Gasteiger partial charge in [0.05, 0.1) is 23.1 Å². The van der Waals surface area contributed by atoms with Crippen LogP contribution in [0.15, 0.2) is 17.1 Å². The van der Waals surface area contributed by atoms with Crippen molar-refractivity contribution in [2.24, 2.45) is 5.92 Å². The van der Waals surface area contributed by atoms with Gasteiger partial charge in [-0.05, 0) is 13.8 Å². The maximum absolute atomic E-state index is 12.3. The molecule has 2 aromatic rings. The first kappa shape index (κ1) is 19.6. The van der Waals surface area contributed by atoms with Gasteiger partial charge in [0, 0.05) is 30.8 Å². The number of amides is 1. The van der Waals surface area contributed by atoms with Gasteiger partial charge in [-0.2, -0.15) is 0 Å². The fourth-order valence-corrected chi connectivity index (χ4v) is 2.53. The highest BCUT2D eigenvalue weighted by atomic mass is 16.5. The number of hydrogen-bond donors (Lipinski definition) is 3. The summed E-state index contributed by atoms with van der Waals surface area (Å²) in [4.78, 5) is 26.3. The molecule has 0 aliphatic carbocycles. The molecule has 1 amide bonds. The summed E-state index contributed by atoms with van der Waals surface area (Å²) >= 11 is 0. The number of nitrogens with one attached hydrogen (secondary N) is 2. The fraction of sp³-hybridized carbons (Fsp3) is 0.474. The standard InChI is InChI=1S/C19H26N4O3/c1-12(2)18(24)21-7-9-26-8-5-6-14-11-23(13(3)4)15-10-16(20)22-19(25)17(14)15/h10-13H,7-9H2,1-4H3,(H,21,24)(H3,20,22,25). The lowest BCUT2D eigenvalue weighted by atomic mass is 10.2. The third-order valence-corrected chi connectivity index (χ3v) is 3.87. The Labute approximate surface area is 152 Å². The molecule has 26 heavy (non-hydrogen) atoms. The summed E-state index contributed by atoms with van der Waals surface area (Å²) < 4.78 is 7.38. The van der Waals surface area contributed by atoms with Crippen LogP contribution in [0.2, 0.25) is 0 Å². The van der Waals surface area contributed by atoms with Gasteiger partial charge < -0.3 is 25.3 Å². The highest BCUT2D eigenvalue weighted by Gasteiger charge is 2.13. The summed E-state index contributed by atoms with van der Waals surface area (Å²) in [5.41, 5.74) is 6.92. The Hall–Kier alpha value is -2.72. The zero-order valence-corrected chi connectivity index (χ0v) is 15.7.